The summed E-state index contributed by atoms with van der Waals surface area (Å²) in [6, 6.07) is 0. The van der Waals surface area contributed by atoms with Crippen molar-refractivity contribution in [3.05, 3.63) is 72.9 Å². The van der Waals surface area contributed by atoms with Crippen LogP contribution in [0.1, 0.15) is 233 Å². The molecule has 0 spiro atoms. The van der Waals surface area contributed by atoms with Crippen molar-refractivity contribution in [2.24, 2.45) is 0 Å². The fraction of sp³-hybridized carbons (Fsp3) is 0.722. The molecule has 0 aromatic carbocycles. The molecule has 0 saturated heterocycles. The lowest BCUT2D eigenvalue weighted by Gasteiger charge is -2.18. The molecule has 344 valence electrons. The maximum absolute atomic E-state index is 12.8. The minimum absolute atomic E-state index is 0.106. The standard InChI is InChI=1S/C54H92O6/c1-4-7-10-13-16-19-22-25-27-29-32-34-37-40-43-46-52(55)58-49-51(60-54(57)48-45-42-39-36-31-24-21-18-15-12-9-6-3)50-59-53(56)47-44-41-38-35-33-30-28-26-23-20-17-14-11-8-5-2/h16-17,19-20,25-28,32-35,51H,4-15,18,21-24,29-31,36-50H2,1-3H3/b19-16-,20-17-,27-25-,28-26-,34-32-,35-33-. The number of hydrogen-bond acceptors (Lipinski definition) is 6. The van der Waals surface area contributed by atoms with Crippen LogP contribution in [0.25, 0.3) is 0 Å². The minimum Gasteiger partial charge on any atom is -0.462 e. The normalized spacial score (nSPS) is 12.2. The van der Waals surface area contributed by atoms with Crippen molar-refractivity contribution < 1.29 is 28.6 Å². The Labute approximate surface area is 370 Å². The summed E-state index contributed by atoms with van der Waals surface area (Å²) >= 11 is 0. The Kier molecular flexibility index (Phi) is 46.0. The summed E-state index contributed by atoms with van der Waals surface area (Å²) in [5.74, 6) is -0.979. The van der Waals surface area contributed by atoms with Gasteiger partial charge in [0.2, 0.25) is 0 Å². The first-order valence-corrected chi connectivity index (χ1v) is 24.9. The second-order valence-electron chi connectivity index (χ2n) is 16.4. The van der Waals surface area contributed by atoms with Gasteiger partial charge in [-0.15, -0.1) is 0 Å². The van der Waals surface area contributed by atoms with Crippen LogP contribution in [0.5, 0.6) is 0 Å². The highest BCUT2D eigenvalue weighted by atomic mass is 16.6. The second-order valence-corrected chi connectivity index (χ2v) is 16.4. The molecular weight excluding hydrogens is 745 g/mol. The first kappa shape index (κ1) is 56.9. The maximum Gasteiger partial charge on any atom is 0.306 e. The van der Waals surface area contributed by atoms with Crippen LogP contribution >= 0.6 is 0 Å². The van der Waals surface area contributed by atoms with Gasteiger partial charge in [-0.2, -0.15) is 0 Å². The average Bonchev–Trinajstić information content (AvgIpc) is 3.24. The average molecular weight is 837 g/mol. The Bertz CT molecular complexity index is 1080. The van der Waals surface area contributed by atoms with Crippen LogP contribution in [-0.2, 0) is 28.6 Å². The molecule has 0 radical (unpaired) electrons. The molecule has 0 atom stereocenters. The predicted molar refractivity (Wildman–Crippen MR) is 256 cm³/mol. The summed E-state index contributed by atoms with van der Waals surface area (Å²) in [6.07, 6.45) is 60.2. The zero-order chi connectivity index (χ0) is 43.7. The Balaban J connectivity index is 4.50. The molecule has 0 fully saturated rings. The van der Waals surface area contributed by atoms with E-state index in [-0.39, 0.29) is 31.1 Å². The number of ether oxygens (including phenoxy) is 3. The zero-order valence-electron chi connectivity index (χ0n) is 39.2. The van der Waals surface area contributed by atoms with Gasteiger partial charge in [0.15, 0.2) is 6.10 Å². The van der Waals surface area contributed by atoms with Crippen molar-refractivity contribution in [1.82, 2.24) is 0 Å². The van der Waals surface area contributed by atoms with E-state index in [0.717, 1.165) is 83.5 Å². The first-order chi connectivity index (χ1) is 29.5. The smallest absolute Gasteiger partial charge is 0.306 e. The van der Waals surface area contributed by atoms with Crippen molar-refractivity contribution in [2.75, 3.05) is 13.2 Å². The topological polar surface area (TPSA) is 78.9 Å². The van der Waals surface area contributed by atoms with E-state index in [0.29, 0.717) is 19.3 Å². The summed E-state index contributed by atoms with van der Waals surface area (Å²) in [7, 11) is 0. The van der Waals surface area contributed by atoms with Gasteiger partial charge in [0.1, 0.15) is 13.2 Å². The van der Waals surface area contributed by atoms with Crippen LogP contribution in [-0.4, -0.2) is 37.2 Å². The number of esters is 3. The number of allylic oxidation sites excluding steroid dienone is 12. The molecule has 0 unspecified atom stereocenters. The van der Waals surface area contributed by atoms with Gasteiger partial charge < -0.3 is 14.2 Å². The summed E-state index contributed by atoms with van der Waals surface area (Å²) in [5.41, 5.74) is 0. The van der Waals surface area contributed by atoms with E-state index < -0.39 is 6.10 Å². The number of unbranched alkanes of at least 4 members (excludes halogenated alkanes) is 21. The molecule has 0 heterocycles. The van der Waals surface area contributed by atoms with Crippen molar-refractivity contribution >= 4 is 17.9 Å². The van der Waals surface area contributed by atoms with Crippen LogP contribution in [0, 0.1) is 0 Å². The van der Waals surface area contributed by atoms with Gasteiger partial charge >= 0.3 is 17.9 Å². The van der Waals surface area contributed by atoms with Crippen molar-refractivity contribution in [3.63, 3.8) is 0 Å². The van der Waals surface area contributed by atoms with E-state index in [1.54, 1.807) is 0 Å². The molecule has 0 amide bonds. The molecule has 0 aromatic heterocycles. The van der Waals surface area contributed by atoms with Gasteiger partial charge in [0.25, 0.3) is 0 Å². The van der Waals surface area contributed by atoms with E-state index in [4.69, 9.17) is 14.2 Å². The molecule has 0 aliphatic heterocycles. The third-order valence-corrected chi connectivity index (χ3v) is 10.4. The second kappa shape index (κ2) is 48.5. The molecule has 0 rings (SSSR count). The van der Waals surface area contributed by atoms with Crippen LogP contribution in [0.4, 0.5) is 0 Å². The van der Waals surface area contributed by atoms with E-state index in [1.807, 2.05) is 0 Å². The van der Waals surface area contributed by atoms with Crippen LogP contribution in [0.3, 0.4) is 0 Å². The third-order valence-electron chi connectivity index (χ3n) is 10.4. The molecule has 0 bridgehead atoms. The highest BCUT2D eigenvalue weighted by molar-refractivity contribution is 5.71. The molecule has 0 N–H and O–H groups in total. The third kappa shape index (κ3) is 45.9. The van der Waals surface area contributed by atoms with E-state index in [9.17, 15) is 14.4 Å². The zero-order valence-corrected chi connectivity index (χ0v) is 39.2. The van der Waals surface area contributed by atoms with Crippen LogP contribution < -0.4 is 0 Å². The van der Waals surface area contributed by atoms with E-state index in [1.165, 1.54) is 109 Å². The SMILES string of the molecule is CCCCC/C=C\C/C=C\C/C=C\CCCCC(=O)OCC(COC(=O)CCCC/C=C\C/C=C\C/C=C\CCCCC)OC(=O)CCCCCCCCCCCCCC. The molecule has 6 nitrogen and oxygen atoms in total. The summed E-state index contributed by atoms with van der Waals surface area (Å²) < 4.78 is 16.7. The quantitative estimate of drug-likeness (QED) is 0.0263. The Hall–Kier alpha value is -3.15. The van der Waals surface area contributed by atoms with Gasteiger partial charge in [-0.25, -0.2) is 0 Å². The van der Waals surface area contributed by atoms with Crippen molar-refractivity contribution in [3.8, 4) is 0 Å². The lowest BCUT2D eigenvalue weighted by Crippen LogP contribution is -2.30. The first-order valence-electron chi connectivity index (χ1n) is 24.9. The summed E-state index contributed by atoms with van der Waals surface area (Å²) in [4.78, 5) is 37.9. The molecule has 0 aliphatic rings. The van der Waals surface area contributed by atoms with E-state index in [2.05, 4.69) is 93.7 Å². The molecule has 0 saturated carbocycles. The minimum atomic E-state index is -0.803. The largest absolute Gasteiger partial charge is 0.462 e. The highest BCUT2D eigenvalue weighted by Crippen LogP contribution is 2.14. The van der Waals surface area contributed by atoms with Crippen LogP contribution in [0.15, 0.2) is 72.9 Å². The lowest BCUT2D eigenvalue weighted by molar-refractivity contribution is -0.167. The number of carbonyl (C=O) groups excluding carboxylic acids is 3. The highest BCUT2D eigenvalue weighted by Gasteiger charge is 2.19. The van der Waals surface area contributed by atoms with Crippen LogP contribution in [0.2, 0.25) is 0 Å². The fourth-order valence-corrected chi connectivity index (χ4v) is 6.63. The monoisotopic (exact) mass is 837 g/mol. The van der Waals surface area contributed by atoms with Gasteiger partial charge in [-0.1, -0.05) is 190 Å². The molecule has 60 heavy (non-hydrogen) atoms. The summed E-state index contributed by atoms with van der Waals surface area (Å²) in [5, 5.41) is 0. The Morgan fingerprint density at radius 1 is 0.333 bits per heavy atom. The number of carbonyl (C=O) groups is 3. The summed E-state index contributed by atoms with van der Waals surface area (Å²) in [6.45, 7) is 6.50. The lowest BCUT2D eigenvalue weighted by atomic mass is 10.0. The maximum atomic E-state index is 12.8. The van der Waals surface area contributed by atoms with Gasteiger partial charge in [0.05, 0.1) is 0 Å². The molecule has 0 aliphatic carbocycles. The molecule has 0 aromatic rings. The van der Waals surface area contributed by atoms with Crippen molar-refractivity contribution in [1.29, 1.82) is 0 Å². The predicted octanol–water partition coefficient (Wildman–Crippen LogP) is 16.3. The van der Waals surface area contributed by atoms with Crippen molar-refractivity contribution in [2.45, 2.75) is 239 Å². The fourth-order valence-electron chi connectivity index (χ4n) is 6.63. The van der Waals surface area contributed by atoms with Gasteiger partial charge in [0, 0.05) is 19.3 Å². The van der Waals surface area contributed by atoms with Gasteiger partial charge in [-0.3, -0.25) is 14.4 Å². The Morgan fingerprint density at radius 3 is 0.967 bits per heavy atom. The number of hydrogen-bond donors (Lipinski definition) is 0. The molecular formula is C54H92O6. The molecule has 6 heteroatoms. The number of rotatable bonds is 44. The van der Waals surface area contributed by atoms with E-state index >= 15 is 0 Å². The van der Waals surface area contributed by atoms with Gasteiger partial charge in [-0.05, 0) is 96.3 Å². The Morgan fingerprint density at radius 2 is 0.600 bits per heavy atom.